The molecule has 4 nitrogen and oxygen atoms in total. The Bertz CT molecular complexity index is 646. The van der Waals surface area contributed by atoms with Gasteiger partial charge in [0.25, 0.3) is 5.91 Å². The van der Waals surface area contributed by atoms with Crippen LogP contribution in [0.5, 0.6) is 0 Å². The zero-order chi connectivity index (χ0) is 14.0. The largest absolute Gasteiger partial charge is 0.399 e. The summed E-state index contributed by atoms with van der Waals surface area (Å²) >= 11 is 5.90. The molecule has 1 amide bonds. The van der Waals surface area contributed by atoms with Gasteiger partial charge in [0.15, 0.2) is 0 Å². The normalized spacial score (nSPS) is 10.2. The summed E-state index contributed by atoms with van der Waals surface area (Å²) in [6, 6.07) is 8.59. The topological polar surface area (TPSA) is 81.1 Å². The molecular formula is C13H11ClFN3O. The average Bonchev–Trinajstić information content (AvgIpc) is 2.34. The molecule has 5 N–H and O–H groups in total. The van der Waals surface area contributed by atoms with Crippen molar-refractivity contribution in [2.24, 2.45) is 5.73 Å². The lowest BCUT2D eigenvalue weighted by atomic mass is 10.1. The van der Waals surface area contributed by atoms with E-state index in [2.05, 4.69) is 5.32 Å². The van der Waals surface area contributed by atoms with E-state index in [4.69, 9.17) is 23.1 Å². The summed E-state index contributed by atoms with van der Waals surface area (Å²) in [5.74, 6) is -1.06. The Morgan fingerprint density at radius 3 is 2.47 bits per heavy atom. The van der Waals surface area contributed by atoms with Gasteiger partial charge in [-0.25, -0.2) is 4.39 Å². The number of hydrogen-bond acceptors (Lipinski definition) is 3. The van der Waals surface area contributed by atoms with Crippen molar-refractivity contribution >= 4 is 34.6 Å². The molecule has 98 valence electrons. The maximum absolute atomic E-state index is 12.9. The number of benzene rings is 2. The number of nitrogens with two attached hydrogens (primary N) is 2. The Balaban J connectivity index is 2.40. The molecule has 2 rings (SSSR count). The van der Waals surface area contributed by atoms with Crippen LogP contribution < -0.4 is 16.8 Å². The van der Waals surface area contributed by atoms with Crippen LogP contribution in [0.4, 0.5) is 21.5 Å². The third-order valence-corrected chi connectivity index (χ3v) is 2.82. The van der Waals surface area contributed by atoms with Crippen LogP contribution in [0, 0.1) is 5.82 Å². The van der Waals surface area contributed by atoms with Gasteiger partial charge < -0.3 is 16.8 Å². The van der Waals surface area contributed by atoms with E-state index in [-0.39, 0.29) is 10.6 Å². The van der Waals surface area contributed by atoms with Crippen molar-refractivity contribution in [1.29, 1.82) is 0 Å². The van der Waals surface area contributed by atoms with Gasteiger partial charge in [-0.3, -0.25) is 4.79 Å². The number of anilines is 3. The number of hydrogen-bond donors (Lipinski definition) is 3. The summed E-state index contributed by atoms with van der Waals surface area (Å²) in [6.45, 7) is 0. The minimum atomic E-state index is -0.618. The zero-order valence-corrected chi connectivity index (χ0v) is 10.5. The smallest absolute Gasteiger partial charge is 0.250 e. The highest BCUT2D eigenvalue weighted by atomic mass is 35.5. The Morgan fingerprint density at radius 2 is 1.84 bits per heavy atom. The summed E-state index contributed by atoms with van der Waals surface area (Å²) in [5, 5.41) is 3.12. The van der Waals surface area contributed by atoms with E-state index in [0.29, 0.717) is 17.1 Å². The van der Waals surface area contributed by atoms with Crippen molar-refractivity contribution < 1.29 is 9.18 Å². The molecule has 0 aliphatic rings. The fourth-order valence-corrected chi connectivity index (χ4v) is 1.83. The number of amides is 1. The average molecular weight is 280 g/mol. The number of rotatable bonds is 3. The van der Waals surface area contributed by atoms with Crippen LogP contribution in [0.1, 0.15) is 10.4 Å². The third kappa shape index (κ3) is 2.95. The molecule has 2 aromatic carbocycles. The van der Waals surface area contributed by atoms with Crippen molar-refractivity contribution in [3.05, 3.63) is 52.8 Å². The molecule has 2 aromatic rings. The number of primary amides is 1. The van der Waals surface area contributed by atoms with E-state index in [1.165, 1.54) is 24.3 Å². The molecule has 6 heteroatoms. The second-order valence-electron chi connectivity index (χ2n) is 3.92. The van der Waals surface area contributed by atoms with E-state index in [1.54, 1.807) is 12.1 Å². The lowest BCUT2D eigenvalue weighted by molar-refractivity contribution is 0.100. The number of carbonyl (C=O) groups is 1. The third-order valence-electron chi connectivity index (χ3n) is 2.51. The number of nitrogen functional groups attached to an aromatic ring is 1. The molecule has 0 atom stereocenters. The van der Waals surface area contributed by atoms with Gasteiger partial charge in [0.1, 0.15) is 5.82 Å². The Morgan fingerprint density at radius 1 is 1.16 bits per heavy atom. The van der Waals surface area contributed by atoms with Crippen LogP contribution in [-0.2, 0) is 0 Å². The summed E-state index contributed by atoms with van der Waals surface area (Å²) in [4.78, 5) is 11.3. The van der Waals surface area contributed by atoms with Crippen LogP contribution in [0.15, 0.2) is 36.4 Å². The first kappa shape index (κ1) is 13.2. The van der Waals surface area contributed by atoms with Crippen LogP contribution >= 0.6 is 11.6 Å². The Labute approximate surface area is 114 Å². The Hall–Kier alpha value is -2.27. The van der Waals surface area contributed by atoms with Gasteiger partial charge in [-0.2, -0.15) is 0 Å². The van der Waals surface area contributed by atoms with E-state index in [1.807, 2.05) is 0 Å². The van der Waals surface area contributed by atoms with Crippen LogP contribution in [0.3, 0.4) is 0 Å². The standard InChI is InChI=1S/C13H11ClFN3O/c14-10-5-7(15)1-3-12(10)18-11-4-2-8(16)6-9(11)13(17)19/h1-6,18H,16H2,(H2,17,19). The molecule has 0 aliphatic heterocycles. The van der Waals surface area contributed by atoms with E-state index < -0.39 is 11.7 Å². The highest BCUT2D eigenvalue weighted by Gasteiger charge is 2.10. The zero-order valence-electron chi connectivity index (χ0n) is 9.78. The summed E-state index contributed by atoms with van der Waals surface area (Å²) in [7, 11) is 0. The lowest BCUT2D eigenvalue weighted by Crippen LogP contribution is -2.13. The van der Waals surface area contributed by atoms with Gasteiger partial charge >= 0.3 is 0 Å². The predicted octanol–water partition coefficient (Wildman–Crippen LogP) is 2.90. The maximum atomic E-state index is 12.9. The van der Waals surface area contributed by atoms with Gasteiger partial charge in [-0.15, -0.1) is 0 Å². The molecule has 0 radical (unpaired) electrons. The molecule has 0 saturated carbocycles. The molecule has 0 spiro atoms. The van der Waals surface area contributed by atoms with Crippen molar-refractivity contribution in [3.8, 4) is 0 Å². The van der Waals surface area contributed by atoms with Crippen molar-refractivity contribution in [3.63, 3.8) is 0 Å². The van der Waals surface area contributed by atoms with Crippen LogP contribution in [-0.4, -0.2) is 5.91 Å². The molecule has 0 unspecified atom stereocenters. The molecule has 19 heavy (non-hydrogen) atoms. The number of halogens is 2. The summed E-state index contributed by atoms with van der Waals surface area (Å²) in [5.41, 5.74) is 12.4. The molecule has 0 saturated heterocycles. The molecule has 0 fully saturated rings. The second kappa shape index (κ2) is 5.16. The van der Waals surface area contributed by atoms with Gasteiger partial charge in [-0.05, 0) is 36.4 Å². The monoisotopic (exact) mass is 279 g/mol. The first-order chi connectivity index (χ1) is 8.97. The SMILES string of the molecule is NC(=O)c1cc(N)ccc1Nc1ccc(F)cc1Cl. The second-order valence-corrected chi connectivity index (χ2v) is 4.33. The molecule has 0 heterocycles. The Kier molecular flexibility index (Phi) is 3.57. The fraction of sp³-hybridized carbons (Fsp3) is 0. The predicted molar refractivity (Wildman–Crippen MR) is 74.1 cm³/mol. The van der Waals surface area contributed by atoms with Gasteiger partial charge in [-0.1, -0.05) is 11.6 Å². The summed E-state index contributed by atoms with van der Waals surface area (Å²) < 4.78 is 12.9. The molecular weight excluding hydrogens is 269 g/mol. The van der Waals surface area contributed by atoms with E-state index in [9.17, 15) is 9.18 Å². The van der Waals surface area contributed by atoms with Crippen LogP contribution in [0.2, 0.25) is 5.02 Å². The van der Waals surface area contributed by atoms with Crippen molar-refractivity contribution in [2.75, 3.05) is 11.1 Å². The van der Waals surface area contributed by atoms with Crippen LogP contribution in [0.25, 0.3) is 0 Å². The highest BCUT2D eigenvalue weighted by molar-refractivity contribution is 6.33. The minimum Gasteiger partial charge on any atom is -0.399 e. The lowest BCUT2D eigenvalue weighted by Gasteiger charge is -2.12. The maximum Gasteiger partial charge on any atom is 0.250 e. The molecule has 0 aliphatic carbocycles. The van der Waals surface area contributed by atoms with Crippen molar-refractivity contribution in [2.45, 2.75) is 0 Å². The van der Waals surface area contributed by atoms with Gasteiger partial charge in [0.05, 0.1) is 22.0 Å². The van der Waals surface area contributed by atoms with Gasteiger partial charge in [0, 0.05) is 5.69 Å². The minimum absolute atomic E-state index is 0.201. The van der Waals surface area contributed by atoms with E-state index in [0.717, 1.165) is 0 Å². The van der Waals surface area contributed by atoms with Crippen molar-refractivity contribution in [1.82, 2.24) is 0 Å². The fourth-order valence-electron chi connectivity index (χ4n) is 1.61. The van der Waals surface area contributed by atoms with E-state index >= 15 is 0 Å². The summed E-state index contributed by atoms with van der Waals surface area (Å²) in [6.07, 6.45) is 0. The number of nitrogens with one attached hydrogen (secondary N) is 1. The first-order valence-corrected chi connectivity index (χ1v) is 5.76. The first-order valence-electron chi connectivity index (χ1n) is 5.39. The highest BCUT2D eigenvalue weighted by Crippen LogP contribution is 2.28. The molecule has 0 bridgehead atoms. The quantitative estimate of drug-likeness (QED) is 0.756. The number of carbonyl (C=O) groups excluding carboxylic acids is 1. The van der Waals surface area contributed by atoms with Gasteiger partial charge in [0.2, 0.25) is 0 Å². The molecule has 0 aromatic heterocycles.